The first-order chi connectivity index (χ1) is 36.9. The molecule has 0 amide bonds. The molecule has 0 saturated carbocycles. The van der Waals surface area contributed by atoms with Gasteiger partial charge in [-0.1, -0.05) is 243 Å². The average molecular weight is 969 g/mol. The minimum Gasteiger partial charge on any atom is -0.0622 e. The predicted octanol–water partition coefficient (Wildman–Crippen LogP) is 21.0. The molecule has 76 heavy (non-hydrogen) atoms. The zero-order chi connectivity index (χ0) is 51.1. The molecule has 0 N–H and O–H groups in total. The van der Waals surface area contributed by atoms with Gasteiger partial charge in [0.15, 0.2) is 0 Å². The Hall–Kier alpha value is -8.58. The van der Waals surface area contributed by atoms with Crippen molar-refractivity contribution < 1.29 is 0 Å². The number of fused-ring (bicyclic) bond motifs is 14. The Labute approximate surface area is 446 Å². The van der Waals surface area contributed by atoms with Crippen LogP contribution < -0.4 is 0 Å². The van der Waals surface area contributed by atoms with Crippen LogP contribution in [0.15, 0.2) is 212 Å². The molecule has 0 aromatic heterocycles. The zero-order valence-corrected chi connectivity index (χ0v) is 44.2. The summed E-state index contributed by atoms with van der Waals surface area (Å²) in [6, 6.07) is 81.9. The highest BCUT2D eigenvalue weighted by Crippen LogP contribution is 2.65. The Kier molecular flexibility index (Phi) is 8.67. The number of rotatable bonds is 4. The molecule has 0 spiro atoms. The molecule has 16 rings (SSSR count). The van der Waals surface area contributed by atoms with E-state index in [9.17, 15) is 0 Å². The number of benzene rings is 12. The first kappa shape index (κ1) is 43.8. The maximum atomic E-state index is 2.55. The third-order valence-electron chi connectivity index (χ3n) is 18.5. The van der Waals surface area contributed by atoms with Gasteiger partial charge in [0, 0.05) is 10.8 Å². The molecule has 0 saturated heterocycles. The van der Waals surface area contributed by atoms with Crippen LogP contribution >= 0.6 is 0 Å². The molecule has 0 unspecified atom stereocenters. The summed E-state index contributed by atoms with van der Waals surface area (Å²) in [5.41, 5.74) is 32.9. The van der Waals surface area contributed by atoms with E-state index in [1.165, 1.54) is 171 Å². The van der Waals surface area contributed by atoms with Crippen LogP contribution in [0.1, 0.15) is 76.3 Å². The van der Waals surface area contributed by atoms with E-state index >= 15 is 0 Å². The first-order valence-corrected chi connectivity index (χ1v) is 27.3. The minimum atomic E-state index is -0.142. The van der Waals surface area contributed by atoms with E-state index in [2.05, 4.69) is 261 Å². The van der Waals surface area contributed by atoms with Gasteiger partial charge in [-0.2, -0.15) is 0 Å². The summed E-state index contributed by atoms with van der Waals surface area (Å²) in [5, 5.41) is 7.89. The van der Waals surface area contributed by atoms with Gasteiger partial charge in [0.25, 0.3) is 0 Å². The molecule has 360 valence electrons. The molecule has 0 nitrogen and oxygen atoms in total. The predicted molar refractivity (Wildman–Crippen MR) is 323 cm³/mol. The Balaban J connectivity index is 1.04. The first-order valence-electron chi connectivity index (χ1n) is 27.3. The van der Waals surface area contributed by atoms with Crippen LogP contribution in [0.4, 0.5) is 0 Å². The highest BCUT2D eigenvalue weighted by atomic mass is 14.4. The van der Waals surface area contributed by atoms with Crippen LogP contribution in [0.25, 0.3) is 144 Å². The van der Waals surface area contributed by atoms with E-state index in [4.69, 9.17) is 0 Å². The van der Waals surface area contributed by atoms with Crippen molar-refractivity contribution in [1.82, 2.24) is 0 Å². The fraction of sp³-hybridized carbons (Fsp3) is 0.132. The Morgan fingerprint density at radius 1 is 0.250 bits per heavy atom. The minimum absolute atomic E-state index is 0.0263. The monoisotopic (exact) mass is 968 g/mol. The smallest absolute Gasteiger partial charge is 0.0159 e. The second-order valence-corrected chi connectivity index (χ2v) is 24.2. The summed E-state index contributed by atoms with van der Waals surface area (Å²) >= 11 is 0. The van der Waals surface area contributed by atoms with Gasteiger partial charge >= 0.3 is 0 Å². The van der Waals surface area contributed by atoms with Gasteiger partial charge in [-0.25, -0.2) is 0 Å². The summed E-state index contributed by atoms with van der Waals surface area (Å²) in [7, 11) is 0. The molecule has 0 radical (unpaired) electrons. The standard InChI is InChI=1S/C76H56/c1-74(2,3)47-32-35-54-59(42-47)65(44-22-12-9-13-23-44)71-56-37-39-58-69-57(38-36-55(68(56)69)70(71)64(54)43-20-10-8-11-21-43)72-66(45-30-33-50-48-24-16-18-28-60(48)75(4,5)62(50)40-45)52-26-14-15-27-53(52)67(73(58)72)46-31-34-51-49-25-17-19-29-61(49)76(6,7)63(51)41-46/h8-42H,1-7H3. The lowest BCUT2D eigenvalue weighted by Crippen LogP contribution is -2.15. The Morgan fingerprint density at radius 3 is 1.03 bits per heavy atom. The van der Waals surface area contributed by atoms with Crippen molar-refractivity contribution >= 4 is 32.3 Å². The zero-order valence-electron chi connectivity index (χ0n) is 44.2. The fourth-order valence-electron chi connectivity index (χ4n) is 14.9. The lowest BCUT2D eigenvalue weighted by molar-refractivity contribution is 0.591. The summed E-state index contributed by atoms with van der Waals surface area (Å²) in [6.07, 6.45) is 0. The molecule has 0 heteroatoms. The van der Waals surface area contributed by atoms with Gasteiger partial charge in [-0.15, -0.1) is 0 Å². The maximum Gasteiger partial charge on any atom is 0.0159 e. The third-order valence-corrected chi connectivity index (χ3v) is 18.5. The van der Waals surface area contributed by atoms with Crippen molar-refractivity contribution in [3.05, 3.63) is 240 Å². The Bertz CT molecular complexity index is 4410. The number of hydrogen-bond donors (Lipinski definition) is 0. The molecule has 0 atom stereocenters. The van der Waals surface area contributed by atoms with Gasteiger partial charge in [0.2, 0.25) is 0 Å². The second kappa shape index (κ2) is 15.1. The molecule has 12 aromatic carbocycles. The van der Waals surface area contributed by atoms with E-state index in [1.807, 2.05) is 0 Å². The largest absolute Gasteiger partial charge is 0.0622 e. The van der Waals surface area contributed by atoms with Crippen molar-refractivity contribution in [3.8, 4) is 111 Å². The molecule has 4 aliphatic rings. The van der Waals surface area contributed by atoms with Crippen LogP contribution in [0, 0.1) is 0 Å². The van der Waals surface area contributed by atoms with Crippen LogP contribution in [0.5, 0.6) is 0 Å². The highest BCUT2D eigenvalue weighted by molar-refractivity contribution is 6.35. The summed E-state index contributed by atoms with van der Waals surface area (Å²) in [5.74, 6) is 0. The topological polar surface area (TPSA) is 0 Å². The maximum absolute atomic E-state index is 2.55. The van der Waals surface area contributed by atoms with E-state index in [0.29, 0.717) is 0 Å². The molecule has 4 aliphatic carbocycles. The van der Waals surface area contributed by atoms with E-state index in [-0.39, 0.29) is 16.2 Å². The molecule has 0 aliphatic heterocycles. The second-order valence-electron chi connectivity index (χ2n) is 24.2. The molecule has 0 bridgehead atoms. The quantitative estimate of drug-likeness (QED) is 0.165. The van der Waals surface area contributed by atoms with Gasteiger partial charge in [-0.3, -0.25) is 0 Å². The SMILES string of the molecule is CC(C)(C)c1ccc2c(-c3ccccc3)c3c(c(-c4ccccc4)c2c1)-c1ccc2c4c(ccc-3c14)-c1c-2c(-c2ccc3c(c2)C(C)(C)c2ccccc2-3)c2ccccc2c1-c1ccc2c(c1)C(C)(C)c1ccccc1-2. The van der Waals surface area contributed by atoms with E-state index < -0.39 is 0 Å². The molecular weight excluding hydrogens is 913 g/mol. The van der Waals surface area contributed by atoms with Crippen molar-refractivity contribution in [2.24, 2.45) is 0 Å². The number of hydrogen-bond acceptors (Lipinski definition) is 0. The lowest BCUT2D eigenvalue weighted by Gasteiger charge is -2.25. The van der Waals surface area contributed by atoms with Crippen LogP contribution in [-0.4, -0.2) is 0 Å². The fourth-order valence-corrected chi connectivity index (χ4v) is 14.9. The molecule has 0 heterocycles. The van der Waals surface area contributed by atoms with Crippen molar-refractivity contribution in [2.45, 2.75) is 64.7 Å². The third kappa shape index (κ3) is 5.64. The van der Waals surface area contributed by atoms with Crippen molar-refractivity contribution in [3.63, 3.8) is 0 Å². The van der Waals surface area contributed by atoms with Crippen LogP contribution in [-0.2, 0) is 16.2 Å². The summed E-state index contributed by atoms with van der Waals surface area (Å²) in [4.78, 5) is 0. The summed E-state index contributed by atoms with van der Waals surface area (Å²) in [6.45, 7) is 16.7. The van der Waals surface area contributed by atoms with Crippen LogP contribution in [0.3, 0.4) is 0 Å². The molecule has 0 fully saturated rings. The van der Waals surface area contributed by atoms with E-state index in [1.54, 1.807) is 0 Å². The highest BCUT2D eigenvalue weighted by Gasteiger charge is 2.41. The van der Waals surface area contributed by atoms with Crippen molar-refractivity contribution in [2.75, 3.05) is 0 Å². The van der Waals surface area contributed by atoms with Gasteiger partial charge in [0.1, 0.15) is 0 Å². The lowest BCUT2D eigenvalue weighted by atomic mass is 9.78. The molecule has 12 aromatic rings. The van der Waals surface area contributed by atoms with Gasteiger partial charge < -0.3 is 0 Å². The normalized spacial score (nSPS) is 14.5. The summed E-state index contributed by atoms with van der Waals surface area (Å²) < 4.78 is 0. The van der Waals surface area contributed by atoms with Crippen molar-refractivity contribution in [1.29, 1.82) is 0 Å². The van der Waals surface area contributed by atoms with Crippen LogP contribution in [0.2, 0.25) is 0 Å². The van der Waals surface area contributed by atoms with Gasteiger partial charge in [-0.05, 0) is 195 Å². The average Bonchev–Trinajstić information content (AvgIpc) is 4.17. The van der Waals surface area contributed by atoms with E-state index in [0.717, 1.165) is 0 Å². The Morgan fingerprint density at radius 2 is 0.592 bits per heavy atom. The molecular formula is C76H56. The van der Waals surface area contributed by atoms with Gasteiger partial charge in [0.05, 0.1) is 0 Å².